The van der Waals surface area contributed by atoms with Crippen molar-refractivity contribution in [1.82, 2.24) is 19.4 Å². The number of piperidine rings is 2. The summed E-state index contributed by atoms with van der Waals surface area (Å²) in [6.07, 6.45) is 7.74. The van der Waals surface area contributed by atoms with E-state index in [1.54, 1.807) is 12.3 Å². The van der Waals surface area contributed by atoms with E-state index < -0.39 is 22.0 Å². The number of thiophene rings is 1. The highest BCUT2D eigenvalue weighted by molar-refractivity contribution is 7.88. The first-order valence-corrected chi connectivity index (χ1v) is 14.0. The van der Waals surface area contributed by atoms with Crippen LogP contribution in [-0.4, -0.2) is 72.9 Å². The molecule has 0 aromatic carbocycles. The Morgan fingerprint density at radius 2 is 1.97 bits per heavy atom. The standard InChI is InChI=1S/C22H29N7O4S2/c1-35(32,33)27-9-6-16(7-10-27)28-14-15(12-26-28)4-5-18-11-19(20(34-18)21(23)30)29(22(24)31)17-3-2-8-25-13-17/h11-12,14,16-17,25H,2-3,6-10,13H2,1H3,(H2,23,30)(H2,24,31)/t17-/m0/s1. The fourth-order valence-corrected chi connectivity index (χ4v) is 6.25. The van der Waals surface area contributed by atoms with E-state index in [4.69, 9.17) is 11.5 Å². The van der Waals surface area contributed by atoms with Crippen molar-refractivity contribution in [2.75, 3.05) is 37.3 Å². The van der Waals surface area contributed by atoms with Crippen molar-refractivity contribution in [2.45, 2.75) is 37.8 Å². The van der Waals surface area contributed by atoms with Crippen LogP contribution in [0.25, 0.3) is 0 Å². The molecule has 11 nitrogen and oxygen atoms in total. The molecule has 0 spiro atoms. The van der Waals surface area contributed by atoms with Crippen LogP contribution in [0, 0.1) is 11.8 Å². The molecule has 2 aliphatic rings. The number of nitrogens with two attached hydrogens (primary N) is 2. The van der Waals surface area contributed by atoms with E-state index in [9.17, 15) is 18.0 Å². The molecule has 3 amide bonds. The molecule has 0 bridgehead atoms. The topological polar surface area (TPSA) is 157 Å². The third-order valence-electron chi connectivity index (χ3n) is 6.27. The summed E-state index contributed by atoms with van der Waals surface area (Å²) in [7, 11) is -3.18. The third-order valence-corrected chi connectivity index (χ3v) is 8.62. The Kier molecular flexibility index (Phi) is 7.46. The van der Waals surface area contributed by atoms with Gasteiger partial charge in [-0.15, -0.1) is 11.3 Å². The minimum atomic E-state index is -3.18. The molecule has 5 N–H and O–H groups in total. The fraction of sp³-hybridized carbons (Fsp3) is 0.500. The van der Waals surface area contributed by atoms with Crippen molar-refractivity contribution in [3.05, 3.63) is 33.8 Å². The smallest absolute Gasteiger partial charge is 0.319 e. The lowest BCUT2D eigenvalue weighted by Gasteiger charge is -2.33. The minimum absolute atomic E-state index is 0.103. The molecule has 0 aliphatic carbocycles. The number of sulfonamides is 1. The molecule has 2 aliphatic heterocycles. The van der Waals surface area contributed by atoms with Crippen molar-refractivity contribution in [3.8, 4) is 11.8 Å². The van der Waals surface area contributed by atoms with Crippen LogP contribution in [0.2, 0.25) is 0 Å². The van der Waals surface area contributed by atoms with E-state index in [1.807, 2.05) is 10.9 Å². The number of nitrogens with zero attached hydrogens (tertiary/aromatic N) is 4. The number of urea groups is 1. The summed E-state index contributed by atoms with van der Waals surface area (Å²) in [5.74, 6) is 5.46. The van der Waals surface area contributed by atoms with Crippen LogP contribution in [0.3, 0.4) is 0 Å². The number of amides is 3. The van der Waals surface area contributed by atoms with Crippen LogP contribution in [-0.2, 0) is 10.0 Å². The highest BCUT2D eigenvalue weighted by atomic mass is 32.2. The van der Waals surface area contributed by atoms with Gasteiger partial charge in [-0.2, -0.15) is 5.10 Å². The van der Waals surface area contributed by atoms with E-state index in [-0.39, 0.29) is 17.0 Å². The van der Waals surface area contributed by atoms with Crippen LogP contribution in [0.4, 0.5) is 10.5 Å². The first kappa shape index (κ1) is 25.2. The highest BCUT2D eigenvalue weighted by Crippen LogP contribution is 2.32. The zero-order valence-corrected chi connectivity index (χ0v) is 21.1. The molecule has 4 heterocycles. The number of anilines is 1. The predicted octanol–water partition coefficient (Wildman–Crippen LogP) is 0.677. The van der Waals surface area contributed by atoms with Crippen molar-refractivity contribution >= 4 is 39.0 Å². The first-order valence-electron chi connectivity index (χ1n) is 11.4. The maximum absolute atomic E-state index is 12.3. The normalized spacial score (nSPS) is 19.6. The molecule has 0 unspecified atom stereocenters. The number of nitrogens with one attached hydrogen (secondary N) is 1. The van der Waals surface area contributed by atoms with Gasteiger partial charge >= 0.3 is 6.03 Å². The number of aromatic nitrogens is 2. The summed E-state index contributed by atoms with van der Waals surface area (Å²) in [4.78, 5) is 26.7. The zero-order chi connectivity index (χ0) is 25.2. The summed E-state index contributed by atoms with van der Waals surface area (Å²) < 4.78 is 26.7. The van der Waals surface area contributed by atoms with Crippen LogP contribution in [0.15, 0.2) is 18.5 Å². The summed E-state index contributed by atoms with van der Waals surface area (Å²) in [5, 5.41) is 7.65. The van der Waals surface area contributed by atoms with Crippen molar-refractivity contribution in [2.24, 2.45) is 11.5 Å². The predicted molar refractivity (Wildman–Crippen MR) is 134 cm³/mol. The van der Waals surface area contributed by atoms with Crippen LogP contribution in [0.1, 0.15) is 51.8 Å². The average molecular weight is 520 g/mol. The molecule has 2 fully saturated rings. The summed E-state index contributed by atoms with van der Waals surface area (Å²) in [6, 6.07) is 0.984. The molecule has 2 aromatic rings. The van der Waals surface area contributed by atoms with Gasteiger partial charge < -0.3 is 16.8 Å². The Morgan fingerprint density at radius 1 is 1.23 bits per heavy atom. The number of carbonyl (C=O) groups is 2. The average Bonchev–Trinajstić information content (AvgIpc) is 3.45. The highest BCUT2D eigenvalue weighted by Gasteiger charge is 2.30. The van der Waals surface area contributed by atoms with Gasteiger partial charge in [-0.05, 0) is 38.3 Å². The molecule has 4 rings (SSSR count). The van der Waals surface area contributed by atoms with Crippen molar-refractivity contribution < 1.29 is 18.0 Å². The van der Waals surface area contributed by atoms with Gasteiger partial charge in [-0.3, -0.25) is 14.4 Å². The SMILES string of the molecule is CS(=O)(=O)N1CCC(n2cc(C#Cc3cc(N(C(N)=O)[C@H]4CCCNC4)c(C(N)=O)s3)cn2)CC1. The number of primary amides is 2. The molecule has 2 aromatic heterocycles. The minimum Gasteiger partial charge on any atom is -0.365 e. The van der Waals surface area contributed by atoms with Gasteiger partial charge in [-0.25, -0.2) is 17.5 Å². The monoisotopic (exact) mass is 519 g/mol. The largest absolute Gasteiger partial charge is 0.365 e. The van der Waals surface area contributed by atoms with E-state index >= 15 is 0 Å². The number of hydrogen-bond donors (Lipinski definition) is 3. The second-order valence-electron chi connectivity index (χ2n) is 8.75. The maximum atomic E-state index is 12.3. The Bertz CT molecular complexity index is 1260. The maximum Gasteiger partial charge on any atom is 0.319 e. The Labute approximate surface area is 208 Å². The quantitative estimate of drug-likeness (QED) is 0.493. The van der Waals surface area contributed by atoms with Gasteiger partial charge in [0.25, 0.3) is 5.91 Å². The Morgan fingerprint density at radius 3 is 2.57 bits per heavy atom. The first-order chi connectivity index (χ1) is 16.6. The van der Waals surface area contributed by atoms with Gasteiger partial charge in [0.05, 0.1) is 40.7 Å². The molecule has 35 heavy (non-hydrogen) atoms. The third kappa shape index (κ3) is 5.84. The molecular weight excluding hydrogens is 490 g/mol. The van der Waals surface area contributed by atoms with Gasteiger partial charge in [0.1, 0.15) is 4.88 Å². The fourth-order valence-electron chi connectivity index (χ4n) is 4.52. The van der Waals surface area contributed by atoms with Gasteiger partial charge in [-0.1, -0.05) is 11.8 Å². The van der Waals surface area contributed by atoms with E-state index in [0.29, 0.717) is 48.6 Å². The second-order valence-corrected chi connectivity index (χ2v) is 11.8. The summed E-state index contributed by atoms with van der Waals surface area (Å²) in [6.45, 7) is 2.38. The van der Waals surface area contributed by atoms with E-state index in [0.717, 1.165) is 30.7 Å². The summed E-state index contributed by atoms with van der Waals surface area (Å²) in [5.41, 5.74) is 12.4. The van der Waals surface area contributed by atoms with Gasteiger partial charge in [0, 0.05) is 25.8 Å². The van der Waals surface area contributed by atoms with Crippen LogP contribution in [0.5, 0.6) is 0 Å². The lowest BCUT2D eigenvalue weighted by atomic mass is 10.1. The molecule has 0 radical (unpaired) electrons. The lowest BCUT2D eigenvalue weighted by Crippen LogP contribution is -2.51. The molecule has 2 saturated heterocycles. The Balaban J connectivity index is 1.52. The van der Waals surface area contributed by atoms with Gasteiger partial charge in [0.2, 0.25) is 10.0 Å². The second kappa shape index (κ2) is 10.4. The van der Waals surface area contributed by atoms with Gasteiger partial charge in [0.15, 0.2) is 0 Å². The van der Waals surface area contributed by atoms with Crippen LogP contribution < -0.4 is 21.7 Å². The van der Waals surface area contributed by atoms with Crippen molar-refractivity contribution in [3.63, 3.8) is 0 Å². The zero-order valence-electron chi connectivity index (χ0n) is 19.4. The van der Waals surface area contributed by atoms with Crippen LogP contribution >= 0.6 is 11.3 Å². The molecular formula is C22H29N7O4S2. The lowest BCUT2D eigenvalue weighted by molar-refractivity contribution is 0.100. The molecule has 0 saturated carbocycles. The number of hydrogen-bond acceptors (Lipinski definition) is 7. The molecule has 188 valence electrons. The molecule has 13 heteroatoms. The number of rotatable bonds is 5. The molecule has 1 atom stereocenters. The van der Waals surface area contributed by atoms with E-state index in [2.05, 4.69) is 22.3 Å². The summed E-state index contributed by atoms with van der Waals surface area (Å²) >= 11 is 1.13. The Hall–Kier alpha value is -2.92. The van der Waals surface area contributed by atoms with Crippen molar-refractivity contribution in [1.29, 1.82) is 0 Å². The number of carbonyl (C=O) groups excluding carboxylic acids is 2. The van der Waals surface area contributed by atoms with E-state index in [1.165, 1.54) is 15.5 Å².